The second kappa shape index (κ2) is 10.4. The van der Waals surface area contributed by atoms with E-state index in [4.69, 9.17) is 9.26 Å². The quantitative estimate of drug-likeness (QED) is 0.492. The molecule has 3 aromatic rings. The summed E-state index contributed by atoms with van der Waals surface area (Å²) in [4.78, 5) is 12.8. The van der Waals surface area contributed by atoms with E-state index in [1.165, 1.54) is 4.31 Å². The van der Waals surface area contributed by atoms with Crippen molar-refractivity contribution in [2.24, 2.45) is 5.92 Å². The molecule has 180 valence electrons. The van der Waals surface area contributed by atoms with Gasteiger partial charge < -0.3 is 14.6 Å². The van der Waals surface area contributed by atoms with Gasteiger partial charge in [0, 0.05) is 24.6 Å². The lowest BCUT2D eigenvalue weighted by Gasteiger charge is -2.30. The summed E-state index contributed by atoms with van der Waals surface area (Å²) >= 11 is 0. The second-order valence-electron chi connectivity index (χ2n) is 8.33. The minimum Gasteiger partial charge on any atom is -0.491 e. The molecule has 0 atom stereocenters. The SMILES string of the molecule is Cc1noc(C)c1S(=O)(=O)N1CCC(C(=O)NCCOc2ccccc2-c2ccccc2)CC1. The molecule has 1 N–H and O–H groups in total. The lowest BCUT2D eigenvalue weighted by molar-refractivity contribution is -0.126. The number of benzene rings is 2. The number of aryl methyl sites for hydroxylation is 2. The molecule has 0 aliphatic carbocycles. The van der Waals surface area contributed by atoms with Crippen molar-refractivity contribution in [3.8, 4) is 16.9 Å². The van der Waals surface area contributed by atoms with E-state index in [-0.39, 0.29) is 35.6 Å². The Hall–Kier alpha value is -3.17. The van der Waals surface area contributed by atoms with Crippen LogP contribution in [0.5, 0.6) is 5.75 Å². The van der Waals surface area contributed by atoms with E-state index >= 15 is 0 Å². The highest BCUT2D eigenvalue weighted by atomic mass is 32.2. The zero-order valence-electron chi connectivity index (χ0n) is 19.4. The van der Waals surface area contributed by atoms with Crippen molar-refractivity contribution in [2.75, 3.05) is 26.2 Å². The smallest absolute Gasteiger partial charge is 0.248 e. The number of ether oxygens (including phenoxy) is 1. The molecule has 0 spiro atoms. The molecular formula is C25H29N3O5S. The van der Waals surface area contributed by atoms with Crippen LogP contribution in [0.15, 0.2) is 64.0 Å². The van der Waals surface area contributed by atoms with Gasteiger partial charge >= 0.3 is 0 Å². The standard InChI is InChI=1S/C25H29N3O5S/c1-18-24(19(2)33-27-18)34(30,31)28-15-12-21(13-16-28)25(29)26-14-17-32-23-11-7-6-10-22(23)20-8-4-3-5-9-20/h3-11,21H,12-17H2,1-2H3,(H,26,29). The van der Waals surface area contributed by atoms with Crippen LogP contribution in [0.2, 0.25) is 0 Å². The first-order valence-corrected chi connectivity index (χ1v) is 12.8. The lowest BCUT2D eigenvalue weighted by Crippen LogP contribution is -2.43. The molecule has 9 heteroatoms. The van der Waals surface area contributed by atoms with Crippen molar-refractivity contribution in [3.05, 3.63) is 66.1 Å². The Balaban J connectivity index is 1.26. The zero-order valence-corrected chi connectivity index (χ0v) is 20.2. The number of para-hydroxylation sites is 1. The molecule has 1 aliphatic heterocycles. The maximum Gasteiger partial charge on any atom is 0.248 e. The van der Waals surface area contributed by atoms with Gasteiger partial charge in [0.15, 0.2) is 5.76 Å². The van der Waals surface area contributed by atoms with Gasteiger partial charge in [0.25, 0.3) is 0 Å². The molecule has 2 aromatic carbocycles. The molecule has 1 amide bonds. The molecule has 0 saturated carbocycles. The highest BCUT2D eigenvalue weighted by Gasteiger charge is 2.35. The summed E-state index contributed by atoms with van der Waals surface area (Å²) in [6.45, 7) is 4.49. The van der Waals surface area contributed by atoms with Crippen molar-refractivity contribution < 1.29 is 22.5 Å². The van der Waals surface area contributed by atoms with Gasteiger partial charge in [-0.1, -0.05) is 53.7 Å². The third-order valence-electron chi connectivity index (χ3n) is 6.02. The Morgan fingerprint density at radius 2 is 1.76 bits per heavy atom. The third-order valence-corrected chi connectivity index (χ3v) is 8.16. The number of sulfonamides is 1. The van der Waals surface area contributed by atoms with Crippen LogP contribution in [0.4, 0.5) is 0 Å². The predicted molar refractivity (Wildman–Crippen MR) is 128 cm³/mol. The number of hydrogen-bond acceptors (Lipinski definition) is 6. The van der Waals surface area contributed by atoms with Crippen molar-refractivity contribution in [1.82, 2.24) is 14.8 Å². The van der Waals surface area contributed by atoms with Gasteiger partial charge in [-0.3, -0.25) is 4.79 Å². The first-order chi connectivity index (χ1) is 16.4. The zero-order chi connectivity index (χ0) is 24.1. The van der Waals surface area contributed by atoms with E-state index in [2.05, 4.69) is 10.5 Å². The average molecular weight is 484 g/mol. The van der Waals surface area contributed by atoms with Gasteiger partial charge in [-0.25, -0.2) is 8.42 Å². The number of carbonyl (C=O) groups excluding carboxylic acids is 1. The Morgan fingerprint density at radius 3 is 2.44 bits per heavy atom. The third kappa shape index (κ3) is 5.15. The van der Waals surface area contributed by atoms with E-state index in [1.807, 2.05) is 54.6 Å². The van der Waals surface area contributed by atoms with E-state index in [1.54, 1.807) is 13.8 Å². The molecule has 34 heavy (non-hydrogen) atoms. The minimum atomic E-state index is -3.68. The molecule has 0 radical (unpaired) electrons. The Bertz CT molecular complexity index is 1210. The monoisotopic (exact) mass is 483 g/mol. The first-order valence-electron chi connectivity index (χ1n) is 11.4. The van der Waals surface area contributed by atoms with Gasteiger partial charge in [-0.2, -0.15) is 4.31 Å². The largest absolute Gasteiger partial charge is 0.491 e. The Kier molecular flexibility index (Phi) is 7.33. The molecule has 1 saturated heterocycles. The van der Waals surface area contributed by atoms with Gasteiger partial charge in [-0.15, -0.1) is 0 Å². The fourth-order valence-corrected chi connectivity index (χ4v) is 6.02. The molecule has 0 unspecified atom stereocenters. The van der Waals surface area contributed by atoms with Crippen LogP contribution in [-0.4, -0.2) is 50.0 Å². The highest BCUT2D eigenvalue weighted by Crippen LogP contribution is 2.30. The van der Waals surface area contributed by atoms with Crippen LogP contribution in [0.3, 0.4) is 0 Å². The summed E-state index contributed by atoms with van der Waals surface area (Å²) < 4.78 is 38.3. The maximum absolute atomic E-state index is 13.0. The van der Waals surface area contributed by atoms with Crippen molar-refractivity contribution >= 4 is 15.9 Å². The summed E-state index contributed by atoms with van der Waals surface area (Å²) in [6, 6.07) is 17.8. The van der Waals surface area contributed by atoms with Crippen molar-refractivity contribution in [1.29, 1.82) is 0 Å². The summed E-state index contributed by atoms with van der Waals surface area (Å²) in [5, 5.41) is 6.67. The van der Waals surface area contributed by atoms with Gasteiger partial charge in [0.1, 0.15) is 22.9 Å². The molecule has 2 heterocycles. The summed E-state index contributed by atoms with van der Waals surface area (Å²) in [5.41, 5.74) is 2.42. The van der Waals surface area contributed by atoms with Crippen molar-refractivity contribution in [2.45, 2.75) is 31.6 Å². The number of carbonyl (C=O) groups is 1. The number of nitrogens with zero attached hydrogens (tertiary/aromatic N) is 2. The van der Waals surface area contributed by atoms with E-state index in [9.17, 15) is 13.2 Å². The van der Waals surface area contributed by atoms with Gasteiger partial charge in [-0.05, 0) is 38.3 Å². The van der Waals surface area contributed by atoms with Crippen LogP contribution in [0.1, 0.15) is 24.3 Å². The lowest BCUT2D eigenvalue weighted by atomic mass is 9.97. The number of aromatic nitrogens is 1. The predicted octanol–water partition coefficient (Wildman–Crippen LogP) is 3.55. The summed E-state index contributed by atoms with van der Waals surface area (Å²) in [5.74, 6) is 0.744. The molecule has 1 aliphatic rings. The number of rotatable bonds is 8. The molecular weight excluding hydrogens is 454 g/mol. The van der Waals surface area contributed by atoms with Crippen LogP contribution in [-0.2, 0) is 14.8 Å². The maximum atomic E-state index is 13.0. The number of piperidine rings is 1. The van der Waals surface area contributed by atoms with Crippen LogP contribution in [0.25, 0.3) is 11.1 Å². The fourth-order valence-electron chi connectivity index (χ4n) is 4.26. The minimum absolute atomic E-state index is 0.0747. The molecule has 0 bridgehead atoms. The van der Waals surface area contributed by atoms with Crippen LogP contribution < -0.4 is 10.1 Å². The van der Waals surface area contributed by atoms with Crippen molar-refractivity contribution in [3.63, 3.8) is 0 Å². The second-order valence-corrected chi connectivity index (χ2v) is 10.2. The first kappa shape index (κ1) is 24.0. The van der Waals surface area contributed by atoms with Crippen LogP contribution in [0, 0.1) is 19.8 Å². The van der Waals surface area contributed by atoms with E-state index in [0.29, 0.717) is 31.7 Å². The molecule has 1 aromatic heterocycles. The summed E-state index contributed by atoms with van der Waals surface area (Å²) in [7, 11) is -3.68. The fraction of sp³-hybridized carbons (Fsp3) is 0.360. The van der Waals surface area contributed by atoms with E-state index < -0.39 is 10.0 Å². The number of hydrogen-bond donors (Lipinski definition) is 1. The topological polar surface area (TPSA) is 102 Å². The molecule has 8 nitrogen and oxygen atoms in total. The van der Waals surface area contributed by atoms with Crippen LogP contribution >= 0.6 is 0 Å². The van der Waals surface area contributed by atoms with Gasteiger partial charge in [0.05, 0.1) is 6.54 Å². The summed E-state index contributed by atoms with van der Waals surface area (Å²) in [6.07, 6.45) is 0.929. The molecule has 1 fully saturated rings. The normalized spacial score (nSPS) is 15.2. The van der Waals surface area contributed by atoms with E-state index in [0.717, 1.165) is 16.9 Å². The number of amides is 1. The average Bonchev–Trinajstić information content (AvgIpc) is 3.21. The number of nitrogens with one attached hydrogen (secondary N) is 1. The van der Waals surface area contributed by atoms with Gasteiger partial charge in [0.2, 0.25) is 15.9 Å². The Labute approximate surface area is 200 Å². The molecule has 4 rings (SSSR count). The highest BCUT2D eigenvalue weighted by molar-refractivity contribution is 7.89. The Morgan fingerprint density at radius 1 is 1.09 bits per heavy atom.